The third kappa shape index (κ3) is 7.21. The second-order valence-electron chi connectivity index (χ2n) is 10.7. The molecule has 0 aromatic heterocycles. The lowest BCUT2D eigenvalue weighted by Gasteiger charge is -2.31. The van der Waals surface area contributed by atoms with Crippen LogP contribution in [0.3, 0.4) is 0 Å². The van der Waals surface area contributed by atoms with Crippen LogP contribution in [0.4, 0.5) is 4.39 Å². The van der Waals surface area contributed by atoms with Crippen molar-refractivity contribution in [1.82, 2.24) is 14.8 Å². The monoisotopic (exact) mass is 588 g/mol. The topological polar surface area (TPSA) is 83.9 Å². The maximum atomic E-state index is 14.1. The van der Waals surface area contributed by atoms with Crippen molar-refractivity contribution in [3.05, 3.63) is 94.8 Å². The molecule has 1 atom stereocenters. The molecule has 0 saturated carbocycles. The van der Waals surface area contributed by atoms with Crippen molar-refractivity contribution in [3.8, 4) is 11.5 Å². The average Bonchev–Trinajstić information content (AvgIpc) is 3.48. The number of morpholine rings is 1. The van der Waals surface area contributed by atoms with E-state index in [1.165, 1.54) is 28.1 Å². The molecule has 2 aliphatic heterocycles. The van der Waals surface area contributed by atoms with E-state index in [9.17, 15) is 14.0 Å². The summed E-state index contributed by atoms with van der Waals surface area (Å²) in [6.45, 7) is 5.39. The zero-order chi connectivity index (χ0) is 30.3. The van der Waals surface area contributed by atoms with Crippen molar-refractivity contribution in [2.75, 3.05) is 60.2 Å². The number of carbonyl (C=O) groups is 2. The summed E-state index contributed by atoms with van der Waals surface area (Å²) >= 11 is 0. The first kappa shape index (κ1) is 30.2. The van der Waals surface area contributed by atoms with Gasteiger partial charge < -0.3 is 19.1 Å². The van der Waals surface area contributed by atoms with E-state index >= 15 is 0 Å². The molecule has 5 rings (SSSR count). The first-order chi connectivity index (χ1) is 20.9. The zero-order valence-electron chi connectivity index (χ0n) is 24.8. The van der Waals surface area contributed by atoms with Gasteiger partial charge >= 0.3 is 0 Å². The molecule has 3 aromatic rings. The fraction of sp³-hybridized carbons (Fsp3) is 0.364. The first-order valence-corrected chi connectivity index (χ1v) is 14.4. The number of halogens is 1. The second-order valence-corrected chi connectivity index (χ2v) is 10.7. The minimum absolute atomic E-state index is 0.193. The van der Waals surface area contributed by atoms with Crippen LogP contribution < -0.4 is 9.47 Å². The molecule has 0 aliphatic carbocycles. The first-order valence-electron chi connectivity index (χ1n) is 14.4. The highest BCUT2D eigenvalue weighted by Gasteiger charge is 2.35. The highest BCUT2D eigenvalue weighted by molar-refractivity contribution is 6.05. The van der Waals surface area contributed by atoms with Gasteiger partial charge in [-0.05, 0) is 42.8 Å². The number of aryl methyl sites for hydroxylation is 1. The summed E-state index contributed by atoms with van der Waals surface area (Å²) in [6.07, 6.45) is 0.461. The van der Waals surface area contributed by atoms with Gasteiger partial charge in [-0.3, -0.25) is 14.5 Å². The number of carbonyl (C=O) groups excluding carboxylic acids is 2. The highest BCUT2D eigenvalue weighted by Crippen LogP contribution is 2.36. The quantitative estimate of drug-likeness (QED) is 0.351. The van der Waals surface area contributed by atoms with Crippen molar-refractivity contribution in [2.45, 2.75) is 19.4 Å². The van der Waals surface area contributed by atoms with Crippen LogP contribution in [0.2, 0.25) is 0 Å². The van der Waals surface area contributed by atoms with Crippen LogP contribution in [0.15, 0.2) is 71.8 Å². The summed E-state index contributed by atoms with van der Waals surface area (Å²) in [5.74, 6) is -0.0163. The van der Waals surface area contributed by atoms with E-state index < -0.39 is 11.7 Å². The van der Waals surface area contributed by atoms with Crippen molar-refractivity contribution in [1.29, 1.82) is 0 Å². The number of hydrogen-bond donors (Lipinski definition) is 0. The standard InChI is InChI=1S/C33H37FN4O5/c1-23-7-9-24(10-8-23)30-21-29(28-12-11-27(41-2)20-31(28)42-3)35-38(30)32(39)22-37(14-13-36-15-17-43-18-16-36)33(40)25-5-4-6-26(34)19-25/h4-12,19-20,30H,13-18,21-22H2,1-3H3. The molecule has 0 spiro atoms. The minimum atomic E-state index is -0.507. The summed E-state index contributed by atoms with van der Waals surface area (Å²) in [6, 6.07) is 18.7. The number of methoxy groups -OCH3 is 2. The van der Waals surface area contributed by atoms with Gasteiger partial charge in [-0.1, -0.05) is 35.9 Å². The van der Waals surface area contributed by atoms with Gasteiger partial charge in [0, 0.05) is 49.8 Å². The van der Waals surface area contributed by atoms with Crippen LogP contribution in [-0.4, -0.2) is 92.5 Å². The Morgan fingerprint density at radius 1 is 1.02 bits per heavy atom. The van der Waals surface area contributed by atoms with E-state index in [1.54, 1.807) is 26.4 Å². The third-order valence-corrected chi connectivity index (χ3v) is 7.82. The Morgan fingerprint density at radius 3 is 2.49 bits per heavy atom. The second kappa shape index (κ2) is 13.8. The van der Waals surface area contributed by atoms with Gasteiger partial charge in [0.15, 0.2) is 0 Å². The van der Waals surface area contributed by atoms with Gasteiger partial charge in [-0.15, -0.1) is 0 Å². The van der Waals surface area contributed by atoms with Crippen molar-refractivity contribution < 1.29 is 28.2 Å². The molecule has 10 heteroatoms. The molecule has 0 bridgehead atoms. The lowest BCUT2D eigenvalue weighted by Crippen LogP contribution is -2.46. The van der Waals surface area contributed by atoms with Crippen molar-refractivity contribution >= 4 is 17.5 Å². The van der Waals surface area contributed by atoms with Crippen molar-refractivity contribution in [2.24, 2.45) is 5.10 Å². The van der Waals surface area contributed by atoms with Gasteiger partial charge in [0.05, 0.1) is 39.2 Å². The van der Waals surface area contributed by atoms with Crippen LogP contribution in [0.5, 0.6) is 11.5 Å². The molecule has 2 heterocycles. The van der Waals surface area contributed by atoms with Crippen LogP contribution in [0, 0.1) is 12.7 Å². The molecule has 2 amide bonds. The van der Waals surface area contributed by atoms with Crippen molar-refractivity contribution in [3.63, 3.8) is 0 Å². The van der Waals surface area contributed by atoms with E-state index in [-0.39, 0.29) is 24.1 Å². The molecule has 1 saturated heterocycles. The number of nitrogens with zero attached hydrogens (tertiary/aromatic N) is 4. The van der Waals surface area contributed by atoms with Gasteiger partial charge in [0.1, 0.15) is 23.9 Å². The van der Waals surface area contributed by atoms with Crippen LogP contribution >= 0.6 is 0 Å². The lowest BCUT2D eigenvalue weighted by atomic mass is 9.97. The Morgan fingerprint density at radius 2 is 1.79 bits per heavy atom. The molecule has 1 fully saturated rings. The fourth-order valence-electron chi connectivity index (χ4n) is 5.37. The molecule has 226 valence electrons. The number of amides is 2. The smallest absolute Gasteiger partial charge is 0.262 e. The predicted molar refractivity (Wildman–Crippen MR) is 161 cm³/mol. The summed E-state index contributed by atoms with van der Waals surface area (Å²) in [5, 5.41) is 6.28. The molecule has 3 aromatic carbocycles. The fourth-order valence-corrected chi connectivity index (χ4v) is 5.37. The Kier molecular flexibility index (Phi) is 9.68. The number of ether oxygens (including phenoxy) is 3. The molecular formula is C33H37FN4O5. The summed E-state index contributed by atoms with van der Waals surface area (Å²) in [7, 11) is 3.17. The van der Waals surface area contributed by atoms with Crippen LogP contribution in [-0.2, 0) is 9.53 Å². The molecule has 2 aliphatic rings. The Hall–Kier alpha value is -4.28. The molecule has 1 unspecified atom stereocenters. The molecule has 0 N–H and O–H groups in total. The van der Waals surface area contributed by atoms with Gasteiger partial charge in [0.2, 0.25) is 0 Å². The normalized spacial score (nSPS) is 17.0. The Bertz CT molecular complexity index is 1470. The van der Waals surface area contributed by atoms with E-state index in [4.69, 9.17) is 19.3 Å². The minimum Gasteiger partial charge on any atom is -0.497 e. The van der Waals surface area contributed by atoms with Crippen LogP contribution in [0.25, 0.3) is 0 Å². The molecule has 0 radical (unpaired) electrons. The zero-order valence-corrected chi connectivity index (χ0v) is 24.8. The lowest BCUT2D eigenvalue weighted by molar-refractivity contribution is -0.133. The van der Waals surface area contributed by atoms with E-state index in [1.807, 2.05) is 43.3 Å². The van der Waals surface area contributed by atoms with Gasteiger partial charge in [-0.25, -0.2) is 9.40 Å². The Balaban J connectivity index is 1.45. The van der Waals surface area contributed by atoms with E-state index in [2.05, 4.69) is 4.90 Å². The predicted octanol–water partition coefficient (Wildman–Crippen LogP) is 4.30. The molecule has 9 nitrogen and oxygen atoms in total. The summed E-state index contributed by atoms with van der Waals surface area (Å²) < 4.78 is 30.5. The van der Waals surface area contributed by atoms with Gasteiger partial charge in [-0.2, -0.15) is 5.10 Å². The number of rotatable bonds is 10. The van der Waals surface area contributed by atoms with E-state index in [0.717, 1.165) is 29.8 Å². The number of hydrazone groups is 1. The largest absolute Gasteiger partial charge is 0.497 e. The maximum absolute atomic E-state index is 14.1. The Labute approximate surface area is 251 Å². The molecule has 43 heavy (non-hydrogen) atoms. The molecular weight excluding hydrogens is 551 g/mol. The van der Waals surface area contributed by atoms with E-state index in [0.29, 0.717) is 49.9 Å². The SMILES string of the molecule is COc1ccc(C2=NN(C(=O)CN(CCN3CCOCC3)C(=O)c3cccc(F)c3)C(c3ccc(C)cc3)C2)c(OC)c1. The summed E-state index contributed by atoms with van der Waals surface area (Å²) in [5.41, 5.74) is 3.68. The number of hydrogen-bond acceptors (Lipinski definition) is 7. The summed E-state index contributed by atoms with van der Waals surface area (Å²) in [4.78, 5) is 31.4. The van der Waals surface area contributed by atoms with Gasteiger partial charge in [0.25, 0.3) is 11.8 Å². The maximum Gasteiger partial charge on any atom is 0.262 e. The third-order valence-electron chi connectivity index (χ3n) is 7.82. The van der Waals surface area contributed by atoms with Crippen LogP contribution in [0.1, 0.15) is 39.5 Å². The average molecular weight is 589 g/mol. The number of benzene rings is 3. The highest BCUT2D eigenvalue weighted by atomic mass is 19.1.